The molecule has 4 amide bonds. The highest BCUT2D eigenvalue weighted by Gasteiger charge is 2.28. The third-order valence-electron chi connectivity index (χ3n) is 8.06. The standard InChI is InChI=1S/C36H43ClN4O7/c1-22(2)27-21-28(37)23(3)19-32(27)47-17-15-38-35(45)29-13-14-33(43)39-30(20-24-9-11-25(42)12-10-24)36(46)41(4)16-18-48-31-8-6-5-7-26(31)34(44)40-29/h5-12,19,21-22,29-30,42H,13-18,20H2,1-4H3,(H,38,45)(H,39,43)(H,40,44)/t29-,30-/m0/s1. The van der Waals surface area contributed by atoms with Gasteiger partial charge in [0, 0.05) is 24.9 Å². The molecule has 0 aliphatic carbocycles. The molecule has 0 saturated heterocycles. The molecule has 1 heterocycles. The van der Waals surface area contributed by atoms with E-state index in [9.17, 15) is 24.3 Å². The van der Waals surface area contributed by atoms with Gasteiger partial charge in [0.2, 0.25) is 17.7 Å². The maximum absolute atomic E-state index is 13.5. The maximum atomic E-state index is 13.5. The molecule has 0 spiro atoms. The summed E-state index contributed by atoms with van der Waals surface area (Å²) in [6.45, 7) is 6.56. The molecule has 2 atom stereocenters. The van der Waals surface area contributed by atoms with Crippen LogP contribution in [0.5, 0.6) is 17.2 Å². The molecule has 0 unspecified atom stereocenters. The second-order valence-corrected chi connectivity index (χ2v) is 12.5. The number of aryl methyl sites for hydroxylation is 1. The minimum atomic E-state index is -1.07. The third kappa shape index (κ3) is 9.87. The highest BCUT2D eigenvalue weighted by Crippen LogP contribution is 2.32. The Labute approximate surface area is 285 Å². The number of carbonyl (C=O) groups is 4. The van der Waals surface area contributed by atoms with E-state index in [2.05, 4.69) is 16.0 Å². The second kappa shape index (κ2) is 16.9. The fourth-order valence-electron chi connectivity index (χ4n) is 5.27. The number of benzene rings is 3. The summed E-state index contributed by atoms with van der Waals surface area (Å²) in [5.74, 6) is -0.577. The number of nitrogens with zero attached hydrogens (tertiary/aromatic N) is 1. The van der Waals surface area contributed by atoms with Gasteiger partial charge < -0.3 is 35.4 Å². The molecule has 4 N–H and O–H groups in total. The van der Waals surface area contributed by atoms with Crippen LogP contribution >= 0.6 is 11.6 Å². The Bertz CT molecular complexity index is 1610. The lowest BCUT2D eigenvalue weighted by Crippen LogP contribution is -2.50. The number of hydrogen-bond donors (Lipinski definition) is 4. The molecule has 0 aromatic heterocycles. The zero-order chi connectivity index (χ0) is 34.8. The first kappa shape index (κ1) is 36.1. The minimum Gasteiger partial charge on any atom is -0.508 e. The number of para-hydroxylation sites is 1. The number of amides is 4. The lowest BCUT2D eigenvalue weighted by Gasteiger charge is -2.25. The quantitative estimate of drug-likeness (QED) is 0.262. The fourth-order valence-corrected chi connectivity index (χ4v) is 5.44. The van der Waals surface area contributed by atoms with Gasteiger partial charge in [0.15, 0.2) is 0 Å². The van der Waals surface area contributed by atoms with Gasteiger partial charge in [0.05, 0.1) is 18.7 Å². The van der Waals surface area contributed by atoms with Crippen molar-refractivity contribution in [1.29, 1.82) is 0 Å². The van der Waals surface area contributed by atoms with Gasteiger partial charge in [-0.05, 0) is 72.4 Å². The van der Waals surface area contributed by atoms with Crippen molar-refractivity contribution in [2.75, 3.05) is 33.4 Å². The lowest BCUT2D eigenvalue weighted by atomic mass is 10.0. The van der Waals surface area contributed by atoms with E-state index in [0.717, 1.165) is 16.7 Å². The number of nitrogens with one attached hydrogen (secondary N) is 3. The van der Waals surface area contributed by atoms with Crippen LogP contribution in [0, 0.1) is 6.92 Å². The molecule has 1 aliphatic rings. The van der Waals surface area contributed by atoms with E-state index in [-0.39, 0.29) is 68.7 Å². The van der Waals surface area contributed by atoms with Gasteiger partial charge in [-0.3, -0.25) is 19.2 Å². The van der Waals surface area contributed by atoms with E-state index in [1.54, 1.807) is 43.4 Å². The SMILES string of the molecule is Cc1cc(OCCNC(=O)[C@@H]2CCC(=O)N[C@@H](Cc3ccc(O)cc3)C(=O)N(C)CCOc3ccccc3C(=O)N2)c(C(C)C)cc1Cl. The van der Waals surface area contributed by atoms with E-state index in [1.165, 1.54) is 17.0 Å². The molecule has 1 aliphatic heterocycles. The summed E-state index contributed by atoms with van der Waals surface area (Å²) in [5.41, 5.74) is 2.78. The van der Waals surface area contributed by atoms with Gasteiger partial charge in [-0.25, -0.2) is 0 Å². The minimum absolute atomic E-state index is 0.0306. The summed E-state index contributed by atoms with van der Waals surface area (Å²) in [6.07, 6.45) is 0.0141. The molecule has 11 nitrogen and oxygen atoms in total. The second-order valence-electron chi connectivity index (χ2n) is 12.1. The van der Waals surface area contributed by atoms with Crippen LogP contribution in [0.4, 0.5) is 0 Å². The molecule has 0 fully saturated rings. The average molecular weight is 679 g/mol. The Hall–Kier alpha value is -4.77. The van der Waals surface area contributed by atoms with Gasteiger partial charge in [0.25, 0.3) is 5.91 Å². The van der Waals surface area contributed by atoms with Crippen molar-refractivity contribution in [1.82, 2.24) is 20.9 Å². The van der Waals surface area contributed by atoms with Crippen LogP contribution in [0.25, 0.3) is 0 Å². The van der Waals surface area contributed by atoms with Crippen molar-refractivity contribution in [3.05, 3.63) is 87.9 Å². The number of phenolic OH excluding ortho intramolecular Hbond substituents is 1. The normalized spacial score (nSPS) is 17.7. The van der Waals surface area contributed by atoms with Gasteiger partial charge in [-0.15, -0.1) is 0 Å². The molecule has 4 rings (SSSR count). The predicted molar refractivity (Wildman–Crippen MR) is 183 cm³/mol. The van der Waals surface area contributed by atoms with Gasteiger partial charge >= 0.3 is 0 Å². The topological polar surface area (TPSA) is 146 Å². The van der Waals surface area contributed by atoms with Crippen molar-refractivity contribution < 1.29 is 33.8 Å². The highest BCUT2D eigenvalue weighted by atomic mass is 35.5. The van der Waals surface area contributed by atoms with Crippen LogP contribution in [-0.2, 0) is 20.8 Å². The van der Waals surface area contributed by atoms with Crippen LogP contribution < -0.4 is 25.4 Å². The van der Waals surface area contributed by atoms with E-state index >= 15 is 0 Å². The van der Waals surface area contributed by atoms with E-state index in [0.29, 0.717) is 16.5 Å². The number of likely N-dealkylation sites (N-methyl/N-ethyl adjacent to an activating group) is 1. The Morgan fingerprint density at radius 1 is 1.10 bits per heavy atom. The molecule has 12 heteroatoms. The van der Waals surface area contributed by atoms with Crippen molar-refractivity contribution in [3.8, 4) is 17.2 Å². The maximum Gasteiger partial charge on any atom is 0.255 e. The van der Waals surface area contributed by atoms with Gasteiger partial charge in [-0.2, -0.15) is 0 Å². The molecule has 3 aromatic rings. The largest absolute Gasteiger partial charge is 0.508 e. The Morgan fingerprint density at radius 3 is 2.56 bits per heavy atom. The van der Waals surface area contributed by atoms with Gasteiger partial charge in [-0.1, -0.05) is 49.7 Å². The zero-order valence-electron chi connectivity index (χ0n) is 27.7. The Morgan fingerprint density at radius 2 is 1.83 bits per heavy atom. The number of halogens is 1. The summed E-state index contributed by atoms with van der Waals surface area (Å²) in [7, 11) is 1.61. The molecule has 3 aromatic carbocycles. The fraction of sp³-hybridized carbons (Fsp3) is 0.389. The van der Waals surface area contributed by atoms with Crippen molar-refractivity contribution in [2.45, 2.75) is 58.0 Å². The summed E-state index contributed by atoms with van der Waals surface area (Å²) in [4.78, 5) is 55.0. The average Bonchev–Trinajstić information content (AvgIpc) is 3.06. The van der Waals surface area contributed by atoms with Crippen molar-refractivity contribution in [3.63, 3.8) is 0 Å². The number of aromatic hydroxyl groups is 1. The highest BCUT2D eigenvalue weighted by molar-refractivity contribution is 6.31. The van der Waals surface area contributed by atoms with Crippen LogP contribution in [-0.4, -0.2) is 79.1 Å². The Balaban J connectivity index is 1.50. The molecule has 0 radical (unpaired) electrons. The third-order valence-corrected chi connectivity index (χ3v) is 8.46. The molecule has 0 bridgehead atoms. The number of ether oxygens (including phenoxy) is 2. The predicted octanol–water partition coefficient (Wildman–Crippen LogP) is 4.13. The van der Waals surface area contributed by atoms with E-state index < -0.39 is 29.8 Å². The summed E-state index contributed by atoms with van der Waals surface area (Å²) >= 11 is 6.32. The zero-order valence-corrected chi connectivity index (χ0v) is 28.4. The summed E-state index contributed by atoms with van der Waals surface area (Å²) in [5, 5.41) is 18.7. The smallest absolute Gasteiger partial charge is 0.255 e. The molecule has 0 saturated carbocycles. The number of rotatable bonds is 8. The van der Waals surface area contributed by atoms with Crippen LogP contribution in [0.15, 0.2) is 60.7 Å². The Kier molecular flexibility index (Phi) is 12.7. The number of hydrogen-bond acceptors (Lipinski definition) is 7. The molecule has 256 valence electrons. The number of fused-ring (bicyclic) bond motifs is 1. The van der Waals surface area contributed by atoms with Crippen LogP contribution in [0.2, 0.25) is 5.02 Å². The molecular formula is C36H43ClN4O7. The summed E-state index contributed by atoms with van der Waals surface area (Å²) in [6, 6.07) is 14.8. The van der Waals surface area contributed by atoms with Crippen molar-refractivity contribution in [2.24, 2.45) is 0 Å². The van der Waals surface area contributed by atoms with Gasteiger partial charge in [0.1, 0.15) is 42.5 Å². The summed E-state index contributed by atoms with van der Waals surface area (Å²) < 4.78 is 11.9. The first-order chi connectivity index (χ1) is 22.9. The molecule has 48 heavy (non-hydrogen) atoms. The van der Waals surface area contributed by atoms with Crippen LogP contribution in [0.1, 0.15) is 59.7 Å². The van der Waals surface area contributed by atoms with Crippen molar-refractivity contribution >= 4 is 35.2 Å². The van der Waals surface area contributed by atoms with E-state index in [1.807, 2.05) is 32.9 Å². The van der Waals surface area contributed by atoms with E-state index in [4.69, 9.17) is 21.1 Å². The lowest BCUT2D eigenvalue weighted by molar-refractivity contribution is -0.135. The number of carbonyl (C=O) groups excluding carboxylic acids is 4. The monoisotopic (exact) mass is 678 g/mol. The number of phenols is 1. The first-order valence-corrected chi connectivity index (χ1v) is 16.4. The van der Waals surface area contributed by atoms with Crippen LogP contribution in [0.3, 0.4) is 0 Å². The first-order valence-electron chi connectivity index (χ1n) is 16.0. The molecular weight excluding hydrogens is 636 g/mol.